The van der Waals surface area contributed by atoms with Crippen LogP contribution >= 0.6 is 0 Å². The van der Waals surface area contributed by atoms with Crippen LogP contribution in [0, 0.1) is 17.7 Å². The van der Waals surface area contributed by atoms with Gasteiger partial charge in [-0.2, -0.15) is 0 Å². The zero-order chi connectivity index (χ0) is 18.7. The molecule has 0 N–H and O–H groups in total. The number of aromatic nitrogens is 2. The first kappa shape index (κ1) is 17.8. The van der Waals surface area contributed by atoms with Gasteiger partial charge in [-0.15, -0.1) is 0 Å². The lowest BCUT2D eigenvalue weighted by molar-refractivity contribution is 0.406. The fraction of sp³-hybridized carbons (Fsp3) is 0.238. The van der Waals surface area contributed by atoms with Crippen molar-refractivity contribution in [3.8, 4) is 11.8 Å². The Bertz CT molecular complexity index is 1070. The Hall–Kier alpha value is -2.97. The highest BCUT2D eigenvalue weighted by Gasteiger charge is 2.09. The normalized spacial score (nSPS) is 10.8. The summed E-state index contributed by atoms with van der Waals surface area (Å²) in [5, 5.41) is 0.567. The van der Waals surface area contributed by atoms with E-state index in [1.54, 1.807) is 35.9 Å². The predicted octanol–water partition coefficient (Wildman–Crippen LogP) is 2.58. The van der Waals surface area contributed by atoms with E-state index < -0.39 is 0 Å². The molecule has 2 aromatic carbocycles. The molecule has 1 aromatic heterocycles. The average Bonchev–Trinajstić information content (AvgIpc) is 2.61. The van der Waals surface area contributed by atoms with E-state index in [-0.39, 0.29) is 11.4 Å². The molecule has 3 rings (SSSR count). The molecule has 5 heteroatoms. The predicted molar refractivity (Wildman–Crippen MR) is 102 cm³/mol. The minimum atomic E-state index is -0.314. The van der Waals surface area contributed by atoms with E-state index in [0.717, 1.165) is 17.9 Å². The lowest BCUT2D eigenvalue weighted by Crippen LogP contribution is -2.25. The van der Waals surface area contributed by atoms with E-state index in [2.05, 4.69) is 21.7 Å². The van der Waals surface area contributed by atoms with Gasteiger partial charge in [0, 0.05) is 31.1 Å². The average molecular weight is 349 g/mol. The van der Waals surface area contributed by atoms with Crippen LogP contribution in [0.1, 0.15) is 17.0 Å². The zero-order valence-corrected chi connectivity index (χ0v) is 15.1. The quantitative estimate of drug-likeness (QED) is 0.682. The van der Waals surface area contributed by atoms with Crippen molar-refractivity contribution in [1.29, 1.82) is 0 Å². The van der Waals surface area contributed by atoms with Gasteiger partial charge in [0.15, 0.2) is 0 Å². The molecule has 0 unspecified atom stereocenters. The summed E-state index contributed by atoms with van der Waals surface area (Å²) in [7, 11) is 5.72. The van der Waals surface area contributed by atoms with E-state index in [9.17, 15) is 9.18 Å². The first-order valence-corrected chi connectivity index (χ1v) is 8.36. The van der Waals surface area contributed by atoms with E-state index in [1.165, 1.54) is 12.1 Å². The summed E-state index contributed by atoms with van der Waals surface area (Å²) < 4.78 is 14.8. The van der Waals surface area contributed by atoms with Gasteiger partial charge in [-0.25, -0.2) is 9.37 Å². The van der Waals surface area contributed by atoms with Crippen molar-refractivity contribution in [1.82, 2.24) is 14.5 Å². The summed E-state index contributed by atoms with van der Waals surface area (Å²) in [4.78, 5) is 19.3. The van der Waals surface area contributed by atoms with Crippen LogP contribution in [0.15, 0.2) is 47.3 Å². The van der Waals surface area contributed by atoms with Crippen LogP contribution in [0.3, 0.4) is 0 Å². The van der Waals surface area contributed by atoms with E-state index in [0.29, 0.717) is 22.9 Å². The molecule has 0 atom stereocenters. The maximum Gasteiger partial charge on any atom is 0.261 e. The molecule has 0 amide bonds. The Morgan fingerprint density at radius 3 is 2.54 bits per heavy atom. The van der Waals surface area contributed by atoms with Crippen molar-refractivity contribution in [3.05, 3.63) is 75.6 Å². The van der Waals surface area contributed by atoms with E-state index in [4.69, 9.17) is 0 Å². The topological polar surface area (TPSA) is 38.1 Å². The molecular weight excluding hydrogens is 329 g/mol. The first-order chi connectivity index (χ1) is 12.4. The Morgan fingerprint density at radius 2 is 1.85 bits per heavy atom. The van der Waals surface area contributed by atoms with Crippen molar-refractivity contribution < 1.29 is 4.39 Å². The van der Waals surface area contributed by atoms with Crippen molar-refractivity contribution in [2.75, 3.05) is 20.6 Å². The molecule has 0 saturated carbocycles. The van der Waals surface area contributed by atoms with Crippen LogP contribution in [-0.2, 0) is 13.5 Å². The third-order valence-electron chi connectivity index (χ3n) is 4.13. The standard InChI is InChI=1S/C21H20FN3O/c1-24(2)12-11-20-23-19-14-16(9-10-18(19)21(26)25(20)3)8-7-15-5-4-6-17(22)13-15/h4-6,9-10,13-14H,11-12H2,1-3H3. The fourth-order valence-corrected chi connectivity index (χ4v) is 2.65. The molecule has 0 aliphatic carbocycles. The lowest BCUT2D eigenvalue weighted by atomic mass is 10.1. The van der Waals surface area contributed by atoms with Gasteiger partial charge < -0.3 is 4.90 Å². The maximum absolute atomic E-state index is 13.2. The highest BCUT2D eigenvalue weighted by molar-refractivity contribution is 5.79. The van der Waals surface area contributed by atoms with Gasteiger partial charge in [0.05, 0.1) is 10.9 Å². The van der Waals surface area contributed by atoms with Crippen molar-refractivity contribution in [2.45, 2.75) is 6.42 Å². The Kier molecular flexibility index (Phi) is 5.15. The SMILES string of the molecule is CN(C)CCc1nc2cc(C#Cc3cccc(F)c3)ccc2c(=O)n1C. The molecule has 1 heterocycles. The molecule has 0 aliphatic heterocycles. The number of nitrogens with zero attached hydrogens (tertiary/aromatic N) is 3. The van der Waals surface area contributed by atoms with E-state index in [1.807, 2.05) is 20.2 Å². The largest absolute Gasteiger partial charge is 0.309 e. The van der Waals surface area contributed by atoms with Gasteiger partial charge in [-0.1, -0.05) is 17.9 Å². The van der Waals surface area contributed by atoms with Crippen LogP contribution < -0.4 is 5.56 Å². The number of benzene rings is 2. The van der Waals surface area contributed by atoms with Crippen LogP contribution in [0.5, 0.6) is 0 Å². The molecular formula is C21H20FN3O. The molecule has 26 heavy (non-hydrogen) atoms. The molecule has 0 bridgehead atoms. The summed E-state index contributed by atoms with van der Waals surface area (Å²) in [6, 6.07) is 11.5. The Balaban J connectivity index is 2.00. The highest BCUT2D eigenvalue weighted by atomic mass is 19.1. The van der Waals surface area contributed by atoms with Crippen molar-refractivity contribution in [2.24, 2.45) is 7.05 Å². The fourth-order valence-electron chi connectivity index (χ4n) is 2.65. The van der Waals surface area contributed by atoms with Gasteiger partial charge in [0.25, 0.3) is 5.56 Å². The molecule has 0 radical (unpaired) electrons. The molecule has 3 aromatic rings. The summed E-state index contributed by atoms with van der Waals surface area (Å²) in [5.41, 5.74) is 1.91. The van der Waals surface area contributed by atoms with Crippen molar-refractivity contribution >= 4 is 10.9 Å². The summed E-state index contributed by atoms with van der Waals surface area (Å²) in [6.45, 7) is 0.810. The zero-order valence-electron chi connectivity index (χ0n) is 15.1. The van der Waals surface area contributed by atoms with Crippen molar-refractivity contribution in [3.63, 3.8) is 0 Å². The minimum absolute atomic E-state index is 0.0617. The second kappa shape index (κ2) is 7.51. The minimum Gasteiger partial charge on any atom is -0.309 e. The van der Waals surface area contributed by atoms with Crippen LogP contribution in [0.4, 0.5) is 4.39 Å². The number of likely N-dealkylation sites (N-methyl/N-ethyl adjacent to an activating group) is 1. The van der Waals surface area contributed by atoms with Crippen LogP contribution in [0.25, 0.3) is 10.9 Å². The maximum atomic E-state index is 13.2. The number of fused-ring (bicyclic) bond motifs is 1. The third-order valence-corrected chi connectivity index (χ3v) is 4.13. The second-order valence-corrected chi connectivity index (χ2v) is 6.44. The molecule has 0 spiro atoms. The van der Waals surface area contributed by atoms with Crippen LogP contribution in [-0.4, -0.2) is 35.1 Å². The first-order valence-electron chi connectivity index (χ1n) is 8.36. The highest BCUT2D eigenvalue weighted by Crippen LogP contribution is 2.12. The summed E-state index contributed by atoms with van der Waals surface area (Å²) >= 11 is 0. The van der Waals surface area contributed by atoms with Gasteiger partial charge in [0.2, 0.25) is 0 Å². The lowest BCUT2D eigenvalue weighted by Gasteiger charge is -2.12. The molecule has 0 fully saturated rings. The van der Waals surface area contributed by atoms with Crippen LogP contribution in [0.2, 0.25) is 0 Å². The molecule has 4 nitrogen and oxygen atoms in total. The number of halogens is 1. The van der Waals surface area contributed by atoms with Gasteiger partial charge >= 0.3 is 0 Å². The number of hydrogen-bond donors (Lipinski definition) is 0. The number of rotatable bonds is 3. The molecule has 0 saturated heterocycles. The number of hydrogen-bond acceptors (Lipinski definition) is 3. The van der Waals surface area contributed by atoms with Gasteiger partial charge in [0.1, 0.15) is 11.6 Å². The van der Waals surface area contributed by atoms with Gasteiger partial charge in [-0.3, -0.25) is 9.36 Å². The van der Waals surface area contributed by atoms with Gasteiger partial charge in [-0.05, 0) is 50.5 Å². The monoisotopic (exact) mass is 349 g/mol. The van der Waals surface area contributed by atoms with E-state index >= 15 is 0 Å². The summed E-state index contributed by atoms with van der Waals surface area (Å²) in [5.74, 6) is 6.38. The summed E-state index contributed by atoms with van der Waals surface area (Å²) in [6.07, 6.45) is 0.688. The Labute approximate surface area is 151 Å². The smallest absolute Gasteiger partial charge is 0.261 e. The Morgan fingerprint density at radius 1 is 1.12 bits per heavy atom. The molecule has 0 aliphatic rings. The second-order valence-electron chi connectivity index (χ2n) is 6.44. The molecule has 132 valence electrons. The third kappa shape index (κ3) is 3.98.